The second-order valence-electron chi connectivity index (χ2n) is 7.62. The van der Waals surface area contributed by atoms with Crippen molar-refractivity contribution >= 4 is 5.96 Å². The molecule has 3 rings (SSSR count). The van der Waals surface area contributed by atoms with Crippen LogP contribution in [0.25, 0.3) is 0 Å². The molecule has 0 atom stereocenters. The first kappa shape index (κ1) is 22.1. The van der Waals surface area contributed by atoms with E-state index < -0.39 is 0 Å². The molecular formula is C24H34N4O2. The number of hydrogen-bond donors (Lipinski definition) is 2. The van der Waals surface area contributed by atoms with Gasteiger partial charge in [0.15, 0.2) is 5.96 Å². The molecule has 0 saturated carbocycles. The summed E-state index contributed by atoms with van der Waals surface area (Å²) in [5.74, 6) is 1.74. The van der Waals surface area contributed by atoms with Crippen LogP contribution in [0.15, 0.2) is 47.5 Å². The van der Waals surface area contributed by atoms with Crippen LogP contribution >= 0.6 is 0 Å². The number of methoxy groups -OCH3 is 1. The number of nitrogens with zero attached hydrogens (tertiary/aromatic N) is 2. The average Bonchev–Trinajstić information content (AvgIpc) is 2.78. The third kappa shape index (κ3) is 6.75. The van der Waals surface area contributed by atoms with E-state index in [1.807, 2.05) is 6.07 Å². The zero-order valence-corrected chi connectivity index (χ0v) is 18.4. The number of aliphatic imine (C=N–C) groups is 1. The second kappa shape index (κ2) is 11.6. The van der Waals surface area contributed by atoms with E-state index in [1.54, 1.807) is 14.2 Å². The van der Waals surface area contributed by atoms with Crippen molar-refractivity contribution in [1.29, 1.82) is 0 Å². The molecule has 0 radical (unpaired) electrons. The highest BCUT2D eigenvalue weighted by atomic mass is 16.5. The number of nitrogens with one attached hydrogen (secondary N) is 2. The summed E-state index contributed by atoms with van der Waals surface area (Å²) < 4.78 is 10.9. The first-order chi connectivity index (χ1) is 14.7. The van der Waals surface area contributed by atoms with Crippen LogP contribution in [0.2, 0.25) is 0 Å². The molecule has 0 aromatic heterocycles. The Morgan fingerprint density at radius 1 is 1.07 bits per heavy atom. The summed E-state index contributed by atoms with van der Waals surface area (Å²) >= 11 is 0. The van der Waals surface area contributed by atoms with Gasteiger partial charge in [-0.15, -0.1) is 0 Å². The minimum atomic E-state index is 0.741. The van der Waals surface area contributed by atoms with Gasteiger partial charge in [-0.25, -0.2) is 0 Å². The summed E-state index contributed by atoms with van der Waals surface area (Å²) in [6, 6.07) is 15.1. The van der Waals surface area contributed by atoms with Crippen molar-refractivity contribution in [1.82, 2.24) is 15.5 Å². The molecule has 2 aromatic carbocycles. The van der Waals surface area contributed by atoms with Crippen LogP contribution in [0.1, 0.15) is 22.3 Å². The van der Waals surface area contributed by atoms with Gasteiger partial charge in [0.2, 0.25) is 0 Å². The van der Waals surface area contributed by atoms with Crippen LogP contribution in [-0.2, 0) is 24.2 Å². The Morgan fingerprint density at radius 2 is 1.80 bits per heavy atom. The van der Waals surface area contributed by atoms with Gasteiger partial charge in [-0.3, -0.25) is 9.89 Å². The van der Waals surface area contributed by atoms with E-state index in [2.05, 4.69) is 63.8 Å². The topological polar surface area (TPSA) is 58.1 Å². The Hall–Kier alpha value is -2.57. The third-order valence-electron chi connectivity index (χ3n) is 5.34. The number of hydrogen-bond acceptors (Lipinski definition) is 4. The molecule has 2 aromatic rings. The predicted octanol–water partition coefficient (Wildman–Crippen LogP) is 2.74. The predicted molar refractivity (Wildman–Crippen MR) is 122 cm³/mol. The van der Waals surface area contributed by atoms with Gasteiger partial charge in [-0.2, -0.15) is 0 Å². The molecule has 0 unspecified atom stereocenters. The lowest BCUT2D eigenvalue weighted by atomic mass is 10.1. The Balaban J connectivity index is 1.43. The molecule has 6 heteroatoms. The Kier molecular flexibility index (Phi) is 8.53. The molecule has 162 valence electrons. The highest BCUT2D eigenvalue weighted by Crippen LogP contribution is 2.19. The van der Waals surface area contributed by atoms with Gasteiger partial charge in [-0.05, 0) is 36.1 Å². The highest BCUT2D eigenvalue weighted by molar-refractivity contribution is 5.79. The Morgan fingerprint density at radius 3 is 2.50 bits per heavy atom. The summed E-state index contributed by atoms with van der Waals surface area (Å²) in [5, 5.41) is 6.78. The third-order valence-corrected chi connectivity index (χ3v) is 5.34. The first-order valence-electron chi connectivity index (χ1n) is 10.6. The van der Waals surface area contributed by atoms with Crippen molar-refractivity contribution < 1.29 is 9.47 Å². The fourth-order valence-electron chi connectivity index (χ4n) is 3.60. The van der Waals surface area contributed by atoms with E-state index in [4.69, 9.17) is 9.47 Å². The fourth-order valence-corrected chi connectivity index (χ4v) is 3.60. The molecule has 2 N–H and O–H groups in total. The summed E-state index contributed by atoms with van der Waals surface area (Å²) in [6.07, 6.45) is 0.877. The molecule has 1 heterocycles. The maximum absolute atomic E-state index is 5.46. The van der Waals surface area contributed by atoms with Crippen LogP contribution in [0.5, 0.6) is 5.75 Å². The highest BCUT2D eigenvalue weighted by Gasteiger charge is 2.10. The quantitative estimate of drug-likeness (QED) is 0.518. The van der Waals surface area contributed by atoms with E-state index in [0.29, 0.717) is 0 Å². The van der Waals surface area contributed by atoms with Crippen molar-refractivity contribution in [3.8, 4) is 5.75 Å². The molecule has 0 aliphatic carbocycles. The number of rotatable bonds is 8. The minimum absolute atomic E-state index is 0.741. The largest absolute Gasteiger partial charge is 0.496 e. The van der Waals surface area contributed by atoms with Gasteiger partial charge in [-0.1, -0.05) is 42.0 Å². The van der Waals surface area contributed by atoms with Crippen molar-refractivity contribution in [2.75, 3.05) is 47.0 Å². The number of aryl methyl sites for hydroxylation is 1. The molecule has 1 aliphatic heterocycles. The van der Waals surface area contributed by atoms with Crippen molar-refractivity contribution in [2.24, 2.45) is 4.99 Å². The second-order valence-corrected chi connectivity index (χ2v) is 7.62. The lowest BCUT2D eigenvalue weighted by molar-refractivity contribution is 0.0342. The maximum Gasteiger partial charge on any atom is 0.191 e. The standard InChI is InChI=1S/C24H34N4O2/c1-19-4-9-23(29-3)22(16-19)10-11-26-24(25-2)27-17-20-5-7-21(8-6-20)18-28-12-14-30-15-13-28/h4-9,16H,10-15,17-18H2,1-3H3,(H2,25,26,27). The van der Waals surface area contributed by atoms with Crippen molar-refractivity contribution in [3.63, 3.8) is 0 Å². The van der Waals surface area contributed by atoms with Crippen molar-refractivity contribution in [2.45, 2.75) is 26.4 Å². The monoisotopic (exact) mass is 410 g/mol. The minimum Gasteiger partial charge on any atom is -0.496 e. The van der Waals surface area contributed by atoms with Gasteiger partial charge in [0, 0.05) is 39.8 Å². The summed E-state index contributed by atoms with van der Waals surface area (Å²) in [4.78, 5) is 6.77. The normalized spacial score (nSPS) is 15.1. The molecule has 0 bridgehead atoms. The lowest BCUT2D eigenvalue weighted by Crippen LogP contribution is -2.37. The molecular weight excluding hydrogens is 376 g/mol. The van der Waals surface area contributed by atoms with Gasteiger partial charge in [0.05, 0.1) is 20.3 Å². The van der Waals surface area contributed by atoms with Crippen LogP contribution in [0.4, 0.5) is 0 Å². The average molecular weight is 411 g/mol. The van der Waals surface area contributed by atoms with Crippen LogP contribution in [0, 0.1) is 6.92 Å². The first-order valence-corrected chi connectivity index (χ1v) is 10.6. The van der Waals surface area contributed by atoms with Crippen LogP contribution in [-0.4, -0.2) is 57.9 Å². The molecule has 0 spiro atoms. The van der Waals surface area contributed by atoms with E-state index in [-0.39, 0.29) is 0 Å². The Bertz CT molecular complexity index is 814. The zero-order chi connectivity index (χ0) is 21.2. The van der Waals surface area contributed by atoms with Gasteiger partial charge < -0.3 is 20.1 Å². The Labute approximate surface area is 180 Å². The fraction of sp³-hybridized carbons (Fsp3) is 0.458. The SMILES string of the molecule is CN=C(NCCc1cc(C)ccc1OC)NCc1ccc(CN2CCOCC2)cc1. The van der Waals surface area contributed by atoms with Gasteiger partial charge in [0.1, 0.15) is 5.75 Å². The van der Waals surface area contributed by atoms with Crippen LogP contribution in [0.3, 0.4) is 0 Å². The summed E-state index contributed by atoms with van der Waals surface area (Å²) in [6.45, 7) is 8.32. The number of benzene rings is 2. The molecule has 1 aliphatic rings. The molecule has 1 saturated heterocycles. The van der Waals surface area contributed by atoms with E-state index in [0.717, 1.165) is 64.1 Å². The molecule has 0 amide bonds. The molecule has 1 fully saturated rings. The summed E-state index contributed by atoms with van der Waals surface area (Å²) in [7, 11) is 3.52. The van der Waals surface area contributed by atoms with Gasteiger partial charge in [0.25, 0.3) is 0 Å². The van der Waals surface area contributed by atoms with E-state index in [9.17, 15) is 0 Å². The molecule has 30 heavy (non-hydrogen) atoms. The lowest BCUT2D eigenvalue weighted by Gasteiger charge is -2.26. The maximum atomic E-state index is 5.46. The number of ether oxygens (including phenoxy) is 2. The van der Waals surface area contributed by atoms with E-state index >= 15 is 0 Å². The molecule has 6 nitrogen and oxygen atoms in total. The van der Waals surface area contributed by atoms with Crippen molar-refractivity contribution in [3.05, 3.63) is 64.7 Å². The van der Waals surface area contributed by atoms with E-state index in [1.165, 1.54) is 22.3 Å². The van der Waals surface area contributed by atoms with Gasteiger partial charge >= 0.3 is 0 Å². The number of morpholine rings is 1. The van der Waals surface area contributed by atoms with Crippen LogP contribution < -0.4 is 15.4 Å². The smallest absolute Gasteiger partial charge is 0.191 e. The summed E-state index contributed by atoms with van der Waals surface area (Å²) in [5.41, 5.74) is 5.03. The number of guanidine groups is 1. The zero-order valence-electron chi connectivity index (χ0n) is 18.4.